The summed E-state index contributed by atoms with van der Waals surface area (Å²) in [6.07, 6.45) is 0. The number of nitrogens with zero attached hydrogens (tertiary/aromatic N) is 2. The zero-order valence-electron chi connectivity index (χ0n) is 18.0. The van der Waals surface area contributed by atoms with E-state index in [0.717, 1.165) is 39.9 Å². The lowest BCUT2D eigenvalue weighted by Crippen LogP contribution is -2.36. The molecule has 1 heterocycles. The Kier molecular flexibility index (Phi) is 5.61. The standard InChI is InChI=1S/C26H22F2N2O2/c1-4-29(19-8-6-5-7-9-19)24-23(20-12-10-16(2)14-17(20)3)25(31)30(26(24)32)22-15-18(27)11-13-21(22)28/h5-15H,4H2,1-3H3. The first-order valence-electron chi connectivity index (χ1n) is 10.3. The zero-order chi connectivity index (χ0) is 23.0. The Hall–Kier alpha value is -3.80. The second-order valence-electron chi connectivity index (χ2n) is 7.66. The fraction of sp³-hybridized carbons (Fsp3) is 0.154. The van der Waals surface area contributed by atoms with Crippen LogP contribution in [0.4, 0.5) is 20.2 Å². The van der Waals surface area contributed by atoms with E-state index in [1.165, 1.54) is 0 Å². The van der Waals surface area contributed by atoms with E-state index < -0.39 is 29.1 Å². The number of hydrogen-bond acceptors (Lipinski definition) is 3. The number of carbonyl (C=O) groups excluding carboxylic acids is 2. The van der Waals surface area contributed by atoms with E-state index in [1.54, 1.807) is 11.0 Å². The molecule has 0 radical (unpaired) electrons. The van der Waals surface area contributed by atoms with Crippen molar-refractivity contribution in [1.29, 1.82) is 0 Å². The summed E-state index contributed by atoms with van der Waals surface area (Å²) in [7, 11) is 0. The lowest BCUT2D eigenvalue weighted by molar-refractivity contribution is -0.120. The Morgan fingerprint density at radius 1 is 0.875 bits per heavy atom. The minimum absolute atomic E-state index is 0.138. The van der Waals surface area contributed by atoms with E-state index >= 15 is 0 Å². The molecule has 0 bridgehead atoms. The zero-order valence-corrected chi connectivity index (χ0v) is 18.0. The molecule has 0 aliphatic carbocycles. The number of rotatable bonds is 5. The second-order valence-corrected chi connectivity index (χ2v) is 7.66. The Balaban J connectivity index is 1.97. The number of hydrogen-bond donors (Lipinski definition) is 0. The molecule has 1 aliphatic heterocycles. The predicted molar refractivity (Wildman–Crippen MR) is 121 cm³/mol. The van der Waals surface area contributed by atoms with Gasteiger partial charge < -0.3 is 4.90 Å². The van der Waals surface area contributed by atoms with Gasteiger partial charge in [0.2, 0.25) is 0 Å². The Morgan fingerprint density at radius 3 is 2.25 bits per heavy atom. The number of anilines is 2. The van der Waals surface area contributed by atoms with Gasteiger partial charge in [0.15, 0.2) is 0 Å². The van der Waals surface area contributed by atoms with Gasteiger partial charge in [-0.3, -0.25) is 9.59 Å². The van der Waals surface area contributed by atoms with Crippen LogP contribution in [0.25, 0.3) is 5.57 Å². The predicted octanol–water partition coefficient (Wildman–Crippen LogP) is 5.39. The number of aryl methyl sites for hydroxylation is 2. The topological polar surface area (TPSA) is 40.6 Å². The van der Waals surface area contributed by atoms with Crippen molar-refractivity contribution in [3.05, 3.63) is 101 Å². The fourth-order valence-corrected chi connectivity index (χ4v) is 4.06. The smallest absolute Gasteiger partial charge is 0.282 e. The Morgan fingerprint density at radius 2 is 1.59 bits per heavy atom. The number of likely N-dealkylation sites (N-methyl/N-ethyl adjacent to an activating group) is 1. The number of amides is 2. The van der Waals surface area contributed by atoms with Crippen LogP contribution in [0.15, 0.2) is 72.4 Å². The van der Waals surface area contributed by atoms with Crippen LogP contribution in [0, 0.1) is 25.5 Å². The summed E-state index contributed by atoms with van der Waals surface area (Å²) in [6, 6.07) is 17.5. The normalized spacial score (nSPS) is 13.8. The van der Waals surface area contributed by atoms with Gasteiger partial charge in [0.25, 0.3) is 11.8 Å². The molecule has 32 heavy (non-hydrogen) atoms. The molecule has 0 unspecified atom stereocenters. The van der Waals surface area contributed by atoms with Gasteiger partial charge in [0.05, 0.1) is 11.3 Å². The van der Waals surface area contributed by atoms with Crippen molar-refractivity contribution >= 4 is 28.8 Å². The average molecular weight is 432 g/mol. The Bertz CT molecular complexity index is 1250. The van der Waals surface area contributed by atoms with Crippen molar-refractivity contribution in [3.63, 3.8) is 0 Å². The molecular formula is C26H22F2N2O2. The van der Waals surface area contributed by atoms with Crippen molar-refractivity contribution in [2.45, 2.75) is 20.8 Å². The van der Waals surface area contributed by atoms with E-state index in [4.69, 9.17) is 0 Å². The number of para-hydroxylation sites is 1. The summed E-state index contributed by atoms with van der Waals surface area (Å²) in [5, 5.41) is 0. The lowest BCUT2D eigenvalue weighted by atomic mass is 9.97. The van der Waals surface area contributed by atoms with Crippen LogP contribution in [-0.4, -0.2) is 18.4 Å². The molecule has 162 valence electrons. The number of imide groups is 1. The fourth-order valence-electron chi connectivity index (χ4n) is 4.06. The Labute approximate surface area is 185 Å². The average Bonchev–Trinajstić information content (AvgIpc) is 3.01. The molecule has 6 heteroatoms. The van der Waals surface area contributed by atoms with Crippen molar-refractivity contribution < 1.29 is 18.4 Å². The van der Waals surface area contributed by atoms with Gasteiger partial charge in [0.1, 0.15) is 17.3 Å². The summed E-state index contributed by atoms with van der Waals surface area (Å²) < 4.78 is 28.5. The first kappa shape index (κ1) is 21.4. The van der Waals surface area contributed by atoms with E-state index in [2.05, 4.69) is 0 Å². The highest BCUT2D eigenvalue weighted by Crippen LogP contribution is 2.38. The SMILES string of the molecule is CCN(C1=C(c2ccc(C)cc2C)C(=O)N(c2cc(F)ccc2F)C1=O)c1ccccc1. The molecule has 2 amide bonds. The highest BCUT2D eigenvalue weighted by atomic mass is 19.1. The van der Waals surface area contributed by atoms with Crippen molar-refractivity contribution in [2.75, 3.05) is 16.3 Å². The number of carbonyl (C=O) groups is 2. The van der Waals surface area contributed by atoms with E-state index in [-0.39, 0.29) is 11.3 Å². The third-order valence-corrected chi connectivity index (χ3v) is 5.51. The van der Waals surface area contributed by atoms with Crippen molar-refractivity contribution in [1.82, 2.24) is 0 Å². The molecule has 1 aliphatic rings. The van der Waals surface area contributed by atoms with Crippen LogP contribution in [-0.2, 0) is 9.59 Å². The highest BCUT2D eigenvalue weighted by Gasteiger charge is 2.44. The summed E-state index contributed by atoms with van der Waals surface area (Å²) in [6.45, 7) is 6.05. The van der Waals surface area contributed by atoms with Crippen LogP contribution in [0.1, 0.15) is 23.6 Å². The molecule has 3 aromatic rings. The maximum atomic E-state index is 14.6. The molecule has 0 N–H and O–H groups in total. The van der Waals surface area contributed by atoms with Crippen molar-refractivity contribution in [3.8, 4) is 0 Å². The van der Waals surface area contributed by atoms with Crippen LogP contribution >= 0.6 is 0 Å². The van der Waals surface area contributed by atoms with Crippen LogP contribution in [0.3, 0.4) is 0 Å². The summed E-state index contributed by atoms with van der Waals surface area (Å²) in [4.78, 5) is 29.7. The molecule has 0 atom stereocenters. The first-order valence-corrected chi connectivity index (χ1v) is 10.3. The van der Waals surface area contributed by atoms with E-state index in [1.807, 2.05) is 63.2 Å². The second kappa shape index (κ2) is 8.38. The molecule has 0 saturated heterocycles. The van der Waals surface area contributed by atoms with Crippen molar-refractivity contribution in [2.24, 2.45) is 0 Å². The van der Waals surface area contributed by atoms with Gasteiger partial charge in [-0.2, -0.15) is 0 Å². The lowest BCUT2D eigenvalue weighted by Gasteiger charge is -2.25. The van der Waals surface area contributed by atoms with Crippen LogP contribution in [0.5, 0.6) is 0 Å². The molecule has 0 saturated carbocycles. The number of halogens is 2. The first-order chi connectivity index (χ1) is 15.3. The third-order valence-electron chi connectivity index (χ3n) is 5.51. The maximum Gasteiger partial charge on any atom is 0.282 e. The van der Waals surface area contributed by atoms with Gasteiger partial charge in [-0.15, -0.1) is 0 Å². The molecular weight excluding hydrogens is 410 g/mol. The molecule has 3 aromatic carbocycles. The molecule has 0 fully saturated rings. The molecule has 4 rings (SSSR count). The van der Waals surface area contributed by atoms with Gasteiger partial charge in [-0.05, 0) is 56.2 Å². The van der Waals surface area contributed by atoms with E-state index in [0.29, 0.717) is 12.1 Å². The number of benzene rings is 3. The highest BCUT2D eigenvalue weighted by molar-refractivity contribution is 6.46. The van der Waals surface area contributed by atoms with Crippen LogP contribution < -0.4 is 9.80 Å². The van der Waals surface area contributed by atoms with Gasteiger partial charge in [-0.1, -0.05) is 42.0 Å². The summed E-state index contributed by atoms with van der Waals surface area (Å²) >= 11 is 0. The summed E-state index contributed by atoms with van der Waals surface area (Å²) in [5.74, 6) is -2.97. The quantitative estimate of drug-likeness (QED) is 0.508. The monoisotopic (exact) mass is 432 g/mol. The largest absolute Gasteiger partial charge is 0.337 e. The summed E-state index contributed by atoms with van der Waals surface area (Å²) in [5.41, 5.74) is 3.02. The molecule has 0 aromatic heterocycles. The third kappa shape index (κ3) is 3.58. The maximum absolute atomic E-state index is 14.6. The molecule has 0 spiro atoms. The minimum Gasteiger partial charge on any atom is -0.337 e. The minimum atomic E-state index is -0.850. The van der Waals surface area contributed by atoms with E-state index in [9.17, 15) is 18.4 Å². The van der Waals surface area contributed by atoms with Gasteiger partial charge in [-0.25, -0.2) is 13.7 Å². The van der Waals surface area contributed by atoms with Gasteiger partial charge >= 0.3 is 0 Å². The van der Waals surface area contributed by atoms with Gasteiger partial charge in [0, 0.05) is 18.3 Å². The molecule has 4 nitrogen and oxygen atoms in total. The van der Waals surface area contributed by atoms with Crippen LogP contribution in [0.2, 0.25) is 0 Å².